The van der Waals surface area contributed by atoms with Crippen LogP contribution in [-0.4, -0.2) is 74.7 Å². The van der Waals surface area contributed by atoms with Crippen LogP contribution in [0, 0.1) is 5.92 Å². The second-order valence-corrected chi connectivity index (χ2v) is 8.67. The second-order valence-electron chi connectivity index (χ2n) is 6.74. The van der Waals surface area contributed by atoms with Gasteiger partial charge in [-0.05, 0) is 25.7 Å². The predicted octanol–water partition coefficient (Wildman–Crippen LogP) is 1.03. The first-order valence-corrected chi connectivity index (χ1v) is 10.6. The van der Waals surface area contributed by atoms with Gasteiger partial charge in [-0.25, -0.2) is 13.2 Å². The molecule has 0 spiro atoms. The molecular weight excluding hydrogens is 346 g/mol. The SMILES string of the molecule is CCOC(=O)N1CCC(N(CCC(=O)NCC(C)C)S(C)(=O)=O)CC1. The van der Waals surface area contributed by atoms with Crippen LogP contribution in [0.1, 0.15) is 40.0 Å². The lowest BCUT2D eigenvalue weighted by Crippen LogP contribution is -2.49. The number of hydrogen-bond acceptors (Lipinski definition) is 5. The van der Waals surface area contributed by atoms with E-state index in [1.807, 2.05) is 13.8 Å². The summed E-state index contributed by atoms with van der Waals surface area (Å²) in [6.45, 7) is 7.72. The highest BCUT2D eigenvalue weighted by molar-refractivity contribution is 7.88. The molecule has 0 unspecified atom stereocenters. The Hall–Kier alpha value is -1.35. The Morgan fingerprint density at radius 1 is 1.28 bits per heavy atom. The number of likely N-dealkylation sites (tertiary alicyclic amines) is 1. The van der Waals surface area contributed by atoms with Gasteiger partial charge in [-0.2, -0.15) is 4.31 Å². The first-order valence-electron chi connectivity index (χ1n) is 8.80. The molecule has 1 fully saturated rings. The molecule has 1 aliphatic rings. The summed E-state index contributed by atoms with van der Waals surface area (Å²) in [4.78, 5) is 25.2. The van der Waals surface area contributed by atoms with Crippen molar-refractivity contribution >= 4 is 22.0 Å². The van der Waals surface area contributed by atoms with E-state index in [0.717, 1.165) is 6.26 Å². The fraction of sp³-hybridized carbons (Fsp3) is 0.875. The Morgan fingerprint density at radius 3 is 2.36 bits per heavy atom. The van der Waals surface area contributed by atoms with E-state index in [0.29, 0.717) is 45.0 Å². The molecule has 1 aliphatic heterocycles. The maximum Gasteiger partial charge on any atom is 0.409 e. The number of hydrogen-bond donors (Lipinski definition) is 1. The van der Waals surface area contributed by atoms with Crippen LogP contribution in [0.15, 0.2) is 0 Å². The van der Waals surface area contributed by atoms with E-state index < -0.39 is 10.0 Å². The summed E-state index contributed by atoms with van der Waals surface area (Å²) in [5, 5.41) is 2.80. The third-order valence-electron chi connectivity index (χ3n) is 4.09. The molecular formula is C16H31N3O5S. The van der Waals surface area contributed by atoms with Crippen molar-refractivity contribution in [2.75, 3.05) is 39.0 Å². The first-order chi connectivity index (χ1) is 11.6. The molecule has 1 saturated heterocycles. The molecule has 1 rings (SSSR count). The molecule has 0 aromatic heterocycles. The van der Waals surface area contributed by atoms with Gasteiger partial charge in [-0.3, -0.25) is 4.79 Å². The van der Waals surface area contributed by atoms with Crippen molar-refractivity contribution in [3.05, 3.63) is 0 Å². The average molecular weight is 378 g/mol. The number of piperidine rings is 1. The van der Waals surface area contributed by atoms with Gasteiger partial charge >= 0.3 is 6.09 Å². The highest BCUT2D eigenvalue weighted by atomic mass is 32.2. The van der Waals surface area contributed by atoms with Crippen LogP contribution in [0.25, 0.3) is 0 Å². The van der Waals surface area contributed by atoms with Gasteiger partial charge in [0.2, 0.25) is 15.9 Å². The largest absolute Gasteiger partial charge is 0.450 e. The van der Waals surface area contributed by atoms with Crippen LogP contribution >= 0.6 is 0 Å². The van der Waals surface area contributed by atoms with E-state index in [9.17, 15) is 18.0 Å². The topological polar surface area (TPSA) is 96.0 Å². The van der Waals surface area contributed by atoms with Gasteiger partial charge in [-0.1, -0.05) is 13.8 Å². The third kappa shape index (κ3) is 7.60. The minimum atomic E-state index is -3.42. The Balaban J connectivity index is 2.57. The van der Waals surface area contributed by atoms with Gasteiger partial charge in [0.15, 0.2) is 0 Å². The molecule has 1 N–H and O–H groups in total. The van der Waals surface area contributed by atoms with E-state index in [4.69, 9.17) is 4.74 Å². The smallest absolute Gasteiger partial charge is 0.409 e. The van der Waals surface area contributed by atoms with Crippen LogP contribution in [0.4, 0.5) is 4.79 Å². The number of nitrogens with zero attached hydrogens (tertiary/aromatic N) is 2. The summed E-state index contributed by atoms with van der Waals surface area (Å²) in [5.74, 6) is 0.202. The van der Waals surface area contributed by atoms with Gasteiger partial charge in [0, 0.05) is 38.6 Å². The monoisotopic (exact) mass is 377 g/mol. The quantitative estimate of drug-likeness (QED) is 0.682. The van der Waals surface area contributed by atoms with E-state index in [2.05, 4.69) is 5.32 Å². The zero-order valence-electron chi connectivity index (χ0n) is 15.7. The Bertz CT molecular complexity index is 542. The molecule has 25 heavy (non-hydrogen) atoms. The Morgan fingerprint density at radius 2 is 1.88 bits per heavy atom. The van der Waals surface area contributed by atoms with E-state index in [1.54, 1.807) is 11.8 Å². The minimum absolute atomic E-state index is 0.137. The van der Waals surface area contributed by atoms with Crippen molar-refractivity contribution in [1.29, 1.82) is 0 Å². The molecule has 8 nitrogen and oxygen atoms in total. The summed E-state index contributed by atoms with van der Waals surface area (Å²) in [7, 11) is -3.42. The number of amides is 2. The number of rotatable bonds is 8. The molecule has 0 radical (unpaired) electrons. The average Bonchev–Trinajstić information content (AvgIpc) is 2.52. The van der Waals surface area contributed by atoms with Gasteiger partial charge in [0.25, 0.3) is 0 Å². The van der Waals surface area contributed by atoms with Crippen LogP contribution in [-0.2, 0) is 19.6 Å². The number of sulfonamides is 1. The lowest BCUT2D eigenvalue weighted by atomic mass is 10.1. The highest BCUT2D eigenvalue weighted by Crippen LogP contribution is 2.20. The second kappa shape index (κ2) is 9.96. The first kappa shape index (κ1) is 21.7. The number of ether oxygens (including phenoxy) is 1. The minimum Gasteiger partial charge on any atom is -0.450 e. The van der Waals surface area contributed by atoms with Crippen LogP contribution in [0.3, 0.4) is 0 Å². The third-order valence-corrected chi connectivity index (χ3v) is 5.42. The number of nitrogens with one attached hydrogen (secondary N) is 1. The van der Waals surface area contributed by atoms with Crippen molar-refractivity contribution < 1.29 is 22.7 Å². The molecule has 0 aromatic rings. The molecule has 0 atom stereocenters. The predicted molar refractivity (Wildman–Crippen MR) is 95.6 cm³/mol. The zero-order valence-corrected chi connectivity index (χ0v) is 16.5. The van der Waals surface area contributed by atoms with Gasteiger partial charge in [0.05, 0.1) is 12.9 Å². The maximum absolute atomic E-state index is 12.1. The Kier molecular flexibility index (Phi) is 8.64. The van der Waals surface area contributed by atoms with Crippen molar-refractivity contribution in [2.24, 2.45) is 5.92 Å². The summed E-state index contributed by atoms with van der Waals surface area (Å²) in [6.07, 6.45) is 2.02. The van der Waals surface area contributed by atoms with Crippen LogP contribution in [0.5, 0.6) is 0 Å². The number of carbonyl (C=O) groups is 2. The van der Waals surface area contributed by atoms with Crippen molar-refractivity contribution in [3.8, 4) is 0 Å². The van der Waals surface area contributed by atoms with E-state index >= 15 is 0 Å². The lowest BCUT2D eigenvalue weighted by Gasteiger charge is -2.36. The maximum atomic E-state index is 12.1. The molecule has 2 amide bonds. The van der Waals surface area contributed by atoms with Crippen molar-refractivity contribution in [3.63, 3.8) is 0 Å². The molecule has 0 saturated carbocycles. The molecule has 146 valence electrons. The van der Waals surface area contributed by atoms with Crippen molar-refractivity contribution in [2.45, 2.75) is 46.1 Å². The fourth-order valence-corrected chi connectivity index (χ4v) is 3.96. The zero-order chi connectivity index (χ0) is 19.0. The molecule has 0 aromatic carbocycles. The fourth-order valence-electron chi connectivity index (χ4n) is 2.79. The van der Waals surface area contributed by atoms with Crippen LogP contribution < -0.4 is 5.32 Å². The van der Waals surface area contributed by atoms with Gasteiger partial charge in [0.1, 0.15) is 0 Å². The summed E-state index contributed by atoms with van der Waals surface area (Å²) < 4.78 is 30.6. The Labute approximate surface area is 150 Å². The molecule has 0 bridgehead atoms. The van der Waals surface area contributed by atoms with E-state index in [1.165, 1.54) is 4.31 Å². The van der Waals surface area contributed by atoms with Gasteiger partial charge < -0.3 is 15.0 Å². The van der Waals surface area contributed by atoms with E-state index in [-0.39, 0.29) is 31.0 Å². The van der Waals surface area contributed by atoms with Gasteiger partial charge in [-0.15, -0.1) is 0 Å². The lowest BCUT2D eigenvalue weighted by molar-refractivity contribution is -0.121. The van der Waals surface area contributed by atoms with Crippen LogP contribution in [0.2, 0.25) is 0 Å². The standard InChI is InChI=1S/C16H31N3O5S/c1-5-24-16(21)18-9-6-14(7-10-18)19(25(4,22)23)11-8-15(20)17-12-13(2)3/h13-14H,5-12H2,1-4H3,(H,17,20). The molecule has 9 heteroatoms. The normalized spacial score (nSPS) is 16.3. The summed E-state index contributed by atoms with van der Waals surface area (Å²) in [6, 6.07) is -0.196. The summed E-state index contributed by atoms with van der Waals surface area (Å²) in [5.41, 5.74) is 0. The number of carbonyl (C=O) groups excluding carboxylic acids is 2. The highest BCUT2D eigenvalue weighted by Gasteiger charge is 2.32. The van der Waals surface area contributed by atoms with Crippen molar-refractivity contribution in [1.82, 2.24) is 14.5 Å². The molecule has 1 heterocycles. The molecule has 0 aliphatic carbocycles. The summed E-state index contributed by atoms with van der Waals surface area (Å²) >= 11 is 0.